The van der Waals surface area contributed by atoms with Gasteiger partial charge in [-0.15, -0.1) is 12.4 Å². The molecule has 12 heteroatoms. The molecule has 0 spiro atoms. The van der Waals surface area contributed by atoms with Crippen molar-refractivity contribution in [2.24, 2.45) is 0 Å². The maximum absolute atomic E-state index is 13.3. The molecule has 0 aliphatic carbocycles. The van der Waals surface area contributed by atoms with Gasteiger partial charge in [0.2, 0.25) is 0 Å². The van der Waals surface area contributed by atoms with Crippen molar-refractivity contribution in [3.63, 3.8) is 0 Å². The van der Waals surface area contributed by atoms with E-state index in [9.17, 15) is 35.5 Å². The van der Waals surface area contributed by atoms with Crippen LogP contribution in [0.3, 0.4) is 0 Å². The molecule has 2 saturated heterocycles. The molecule has 2 aliphatic rings. The second kappa shape index (κ2) is 9.61. The van der Waals surface area contributed by atoms with Crippen LogP contribution in [0.25, 0.3) is 0 Å². The lowest BCUT2D eigenvalue weighted by atomic mass is 9.86. The number of carbonyl (C=O) groups is 1. The summed E-state index contributed by atoms with van der Waals surface area (Å²) < 4.78 is 92.8. The van der Waals surface area contributed by atoms with Gasteiger partial charge in [0.15, 0.2) is 0 Å². The first-order valence-electron chi connectivity index (χ1n) is 10.3. The average molecular weight is 512 g/mol. The van der Waals surface area contributed by atoms with Crippen LogP contribution < -0.4 is 10.2 Å². The Morgan fingerprint density at radius 1 is 0.882 bits per heavy atom. The van der Waals surface area contributed by atoms with Crippen LogP contribution in [-0.2, 0) is 12.4 Å². The summed E-state index contributed by atoms with van der Waals surface area (Å²) in [6.45, 7) is 1.20. The quantitative estimate of drug-likeness (QED) is 0.539. The van der Waals surface area contributed by atoms with Crippen molar-refractivity contribution in [3.05, 3.63) is 65.0 Å². The van der Waals surface area contributed by atoms with Gasteiger partial charge < -0.3 is 10.2 Å². The molecule has 186 valence electrons. The molecule has 0 saturated carbocycles. The summed E-state index contributed by atoms with van der Waals surface area (Å²) in [6, 6.07) is 6.03. The first kappa shape index (κ1) is 26.1. The largest absolute Gasteiger partial charge is 0.416 e. The highest BCUT2D eigenvalue weighted by molar-refractivity contribution is 5.94. The van der Waals surface area contributed by atoms with Crippen molar-refractivity contribution in [1.29, 1.82) is 0 Å². The molecule has 2 aliphatic heterocycles. The SMILES string of the molecule is Cl.O=C1N(c2cc(C(F)(F)F)cc(C(F)(F)F)c2)CCN1[C@@H]1CCNC[C@H]1c1ccc(F)cc1. The van der Waals surface area contributed by atoms with Crippen LogP contribution in [0.5, 0.6) is 0 Å². The van der Waals surface area contributed by atoms with Crippen LogP contribution in [0.1, 0.15) is 29.0 Å². The molecular formula is C22H21ClF7N3O. The third kappa shape index (κ3) is 5.25. The Morgan fingerprint density at radius 2 is 1.47 bits per heavy atom. The third-order valence-corrected chi connectivity index (χ3v) is 6.07. The number of hydrogen-bond acceptors (Lipinski definition) is 2. The van der Waals surface area contributed by atoms with Crippen molar-refractivity contribution in [3.8, 4) is 0 Å². The van der Waals surface area contributed by atoms with Crippen LogP contribution in [-0.4, -0.2) is 43.2 Å². The van der Waals surface area contributed by atoms with Crippen molar-refractivity contribution in [1.82, 2.24) is 10.2 Å². The van der Waals surface area contributed by atoms with E-state index >= 15 is 0 Å². The van der Waals surface area contributed by atoms with E-state index in [4.69, 9.17) is 0 Å². The minimum absolute atomic E-state index is 0. The zero-order chi connectivity index (χ0) is 24.0. The Bertz CT molecular complexity index is 994. The molecule has 0 radical (unpaired) electrons. The highest BCUT2D eigenvalue weighted by atomic mass is 35.5. The van der Waals surface area contributed by atoms with Gasteiger partial charge in [-0.05, 0) is 48.9 Å². The number of rotatable bonds is 3. The van der Waals surface area contributed by atoms with E-state index in [1.165, 1.54) is 17.0 Å². The Hall–Kier alpha value is -2.53. The molecule has 0 aromatic heterocycles. The first-order valence-corrected chi connectivity index (χ1v) is 10.3. The molecule has 2 aromatic carbocycles. The number of piperidine rings is 1. The molecule has 2 heterocycles. The zero-order valence-electron chi connectivity index (χ0n) is 17.6. The lowest BCUT2D eigenvalue weighted by Crippen LogP contribution is -2.49. The van der Waals surface area contributed by atoms with Gasteiger partial charge in [0.25, 0.3) is 0 Å². The van der Waals surface area contributed by atoms with Gasteiger partial charge in [-0.2, -0.15) is 26.3 Å². The van der Waals surface area contributed by atoms with E-state index in [0.29, 0.717) is 31.6 Å². The molecule has 2 aromatic rings. The molecule has 0 unspecified atom stereocenters. The Labute approximate surface area is 197 Å². The highest BCUT2D eigenvalue weighted by Crippen LogP contribution is 2.40. The number of alkyl halides is 6. The molecule has 34 heavy (non-hydrogen) atoms. The lowest BCUT2D eigenvalue weighted by Gasteiger charge is -2.38. The second-order valence-corrected chi connectivity index (χ2v) is 8.11. The number of hydrogen-bond donors (Lipinski definition) is 1. The molecule has 1 N–H and O–H groups in total. The molecule has 2 fully saturated rings. The van der Waals surface area contributed by atoms with E-state index in [2.05, 4.69) is 5.32 Å². The number of benzene rings is 2. The fourth-order valence-corrected chi connectivity index (χ4v) is 4.46. The summed E-state index contributed by atoms with van der Waals surface area (Å²) in [6.07, 6.45) is -9.46. The summed E-state index contributed by atoms with van der Waals surface area (Å²) >= 11 is 0. The minimum atomic E-state index is -5.00. The fraction of sp³-hybridized carbons (Fsp3) is 0.409. The van der Waals surface area contributed by atoms with Gasteiger partial charge in [0, 0.05) is 37.3 Å². The first-order chi connectivity index (χ1) is 15.4. The Kier molecular flexibility index (Phi) is 7.37. The zero-order valence-corrected chi connectivity index (χ0v) is 18.4. The summed E-state index contributed by atoms with van der Waals surface area (Å²) in [5, 5.41) is 3.21. The smallest absolute Gasteiger partial charge is 0.319 e. The normalized spacial score (nSPS) is 21.6. The summed E-state index contributed by atoms with van der Waals surface area (Å²) in [4.78, 5) is 15.6. The van der Waals surface area contributed by atoms with Gasteiger partial charge in [-0.25, -0.2) is 9.18 Å². The molecule has 4 nitrogen and oxygen atoms in total. The number of anilines is 1. The van der Waals surface area contributed by atoms with Crippen molar-refractivity contribution in [2.45, 2.75) is 30.7 Å². The summed E-state index contributed by atoms with van der Waals surface area (Å²) in [7, 11) is 0. The predicted molar refractivity (Wildman–Crippen MR) is 114 cm³/mol. The maximum atomic E-state index is 13.3. The van der Waals surface area contributed by atoms with Gasteiger partial charge in [-0.1, -0.05) is 12.1 Å². The van der Waals surface area contributed by atoms with Crippen molar-refractivity contribution >= 4 is 24.1 Å². The number of urea groups is 1. The number of amides is 2. The van der Waals surface area contributed by atoms with Crippen LogP contribution in [0.2, 0.25) is 0 Å². The number of halogens is 8. The van der Waals surface area contributed by atoms with E-state index < -0.39 is 41.0 Å². The lowest BCUT2D eigenvalue weighted by molar-refractivity contribution is -0.143. The summed E-state index contributed by atoms with van der Waals surface area (Å²) in [5.41, 5.74) is -2.59. The standard InChI is InChI=1S/C22H20F7N3O.ClH/c23-16-3-1-13(2-4-16)18-12-30-6-5-19(18)32-8-7-31(20(32)33)17-10-14(21(24,25)26)9-15(11-17)22(27,28)29;/h1-4,9-11,18-19,30H,5-8,12H2;1H/t18-,19+;/m0./s1. The van der Waals surface area contributed by atoms with Gasteiger partial charge >= 0.3 is 18.4 Å². The topological polar surface area (TPSA) is 35.6 Å². The molecular weight excluding hydrogens is 491 g/mol. The average Bonchev–Trinajstić information content (AvgIpc) is 3.14. The predicted octanol–water partition coefficient (Wildman–Crippen LogP) is 5.67. The van der Waals surface area contributed by atoms with E-state index in [0.717, 1.165) is 10.5 Å². The monoisotopic (exact) mass is 511 g/mol. The Morgan fingerprint density at radius 3 is 2.03 bits per heavy atom. The highest BCUT2D eigenvalue weighted by Gasteiger charge is 2.42. The van der Waals surface area contributed by atoms with E-state index in [1.807, 2.05) is 0 Å². The molecule has 4 rings (SSSR count). The van der Waals surface area contributed by atoms with E-state index in [1.54, 1.807) is 12.1 Å². The van der Waals surface area contributed by atoms with Crippen molar-refractivity contribution in [2.75, 3.05) is 31.1 Å². The number of nitrogens with zero attached hydrogens (tertiary/aromatic N) is 2. The van der Waals surface area contributed by atoms with Crippen LogP contribution in [0.4, 0.5) is 41.2 Å². The number of carbonyl (C=O) groups excluding carboxylic acids is 1. The van der Waals surface area contributed by atoms with E-state index in [-0.39, 0.29) is 43.5 Å². The number of nitrogens with one attached hydrogen (secondary N) is 1. The molecule has 2 atom stereocenters. The van der Waals surface area contributed by atoms with Crippen LogP contribution >= 0.6 is 12.4 Å². The minimum Gasteiger partial charge on any atom is -0.319 e. The van der Waals surface area contributed by atoms with Crippen molar-refractivity contribution < 1.29 is 35.5 Å². The molecule has 0 bridgehead atoms. The second-order valence-electron chi connectivity index (χ2n) is 8.11. The Balaban J connectivity index is 0.00000324. The summed E-state index contributed by atoms with van der Waals surface area (Å²) in [5.74, 6) is -0.608. The maximum Gasteiger partial charge on any atom is 0.416 e. The third-order valence-electron chi connectivity index (χ3n) is 6.07. The van der Waals surface area contributed by atoms with Crippen LogP contribution in [0, 0.1) is 5.82 Å². The van der Waals surface area contributed by atoms with Crippen LogP contribution in [0.15, 0.2) is 42.5 Å². The van der Waals surface area contributed by atoms with Gasteiger partial charge in [0.1, 0.15) is 5.82 Å². The fourth-order valence-electron chi connectivity index (χ4n) is 4.46. The van der Waals surface area contributed by atoms with Gasteiger partial charge in [0.05, 0.1) is 11.1 Å². The molecule has 2 amide bonds. The van der Waals surface area contributed by atoms with Gasteiger partial charge in [-0.3, -0.25) is 4.90 Å².